The fraction of sp³-hybridized carbons (Fsp3) is 1.00. The van der Waals surface area contributed by atoms with E-state index in [4.69, 9.17) is 10.5 Å². The minimum Gasteiger partial charge on any atom is -0.374 e. The average Bonchev–Trinajstić information content (AvgIpc) is 2.06. The van der Waals surface area contributed by atoms with E-state index in [0.717, 1.165) is 19.7 Å². The zero-order valence-electron chi connectivity index (χ0n) is 7.25. The maximum atomic E-state index is 5.51. The van der Waals surface area contributed by atoms with Crippen molar-refractivity contribution >= 4 is 0 Å². The molecule has 11 heavy (non-hydrogen) atoms. The summed E-state index contributed by atoms with van der Waals surface area (Å²) in [5.41, 5.74) is 5.51. The predicted molar refractivity (Wildman–Crippen MR) is 45.5 cm³/mol. The molecule has 0 bridgehead atoms. The molecule has 0 amide bonds. The fourth-order valence-corrected chi connectivity index (χ4v) is 1.44. The number of hydrogen-bond acceptors (Lipinski definition) is 3. The lowest BCUT2D eigenvalue weighted by atomic mass is 10.2. The van der Waals surface area contributed by atoms with Crippen LogP contribution < -0.4 is 5.73 Å². The Balaban J connectivity index is 2.21. The molecule has 3 nitrogen and oxygen atoms in total. The van der Waals surface area contributed by atoms with E-state index in [1.54, 1.807) is 0 Å². The summed E-state index contributed by atoms with van der Waals surface area (Å²) in [6.07, 6.45) is 1.49. The Morgan fingerprint density at radius 2 is 2.45 bits per heavy atom. The van der Waals surface area contributed by atoms with Crippen LogP contribution in [0.25, 0.3) is 0 Å². The van der Waals surface area contributed by atoms with Crippen LogP contribution in [0.3, 0.4) is 0 Å². The summed E-state index contributed by atoms with van der Waals surface area (Å²) >= 11 is 0. The van der Waals surface area contributed by atoms with Gasteiger partial charge in [-0.05, 0) is 13.0 Å². The van der Waals surface area contributed by atoms with Crippen LogP contribution in [0.1, 0.15) is 13.3 Å². The molecule has 2 N–H and O–H groups in total. The molecule has 1 heterocycles. The van der Waals surface area contributed by atoms with E-state index in [2.05, 4.69) is 11.8 Å². The Bertz CT molecular complexity index is 106. The van der Waals surface area contributed by atoms with Crippen LogP contribution in [-0.4, -0.2) is 43.8 Å². The second kappa shape index (κ2) is 4.70. The Kier molecular flexibility index (Phi) is 3.83. The van der Waals surface area contributed by atoms with Gasteiger partial charge in [-0.25, -0.2) is 0 Å². The molecule has 1 atom stereocenters. The number of nitrogens with two attached hydrogens (primary N) is 1. The summed E-state index contributed by atoms with van der Waals surface area (Å²) in [6, 6.07) is 0. The number of nitrogens with zero attached hydrogens (tertiary/aromatic N) is 1. The van der Waals surface area contributed by atoms with Crippen molar-refractivity contribution < 1.29 is 4.74 Å². The van der Waals surface area contributed by atoms with Gasteiger partial charge in [0, 0.05) is 19.6 Å². The Morgan fingerprint density at radius 3 is 3.09 bits per heavy atom. The highest BCUT2D eigenvalue weighted by molar-refractivity contribution is 4.71. The predicted octanol–water partition coefficient (Wildman–Crippen LogP) is 0.0559. The van der Waals surface area contributed by atoms with Crippen molar-refractivity contribution in [2.24, 2.45) is 5.73 Å². The first-order valence-electron chi connectivity index (χ1n) is 4.40. The standard InChI is InChI=1S/C8H18N2O/c1-2-3-10-4-5-11-8(6-9)7-10/h8H,2-7,9H2,1H3. The largest absolute Gasteiger partial charge is 0.374 e. The molecule has 0 aliphatic carbocycles. The molecule has 1 rings (SSSR count). The first-order valence-corrected chi connectivity index (χ1v) is 4.40. The van der Waals surface area contributed by atoms with E-state index in [9.17, 15) is 0 Å². The van der Waals surface area contributed by atoms with Gasteiger partial charge in [-0.1, -0.05) is 6.92 Å². The lowest BCUT2D eigenvalue weighted by Gasteiger charge is -2.31. The van der Waals surface area contributed by atoms with Crippen LogP contribution in [0.2, 0.25) is 0 Å². The lowest BCUT2D eigenvalue weighted by Crippen LogP contribution is -2.45. The molecule has 1 fully saturated rings. The third-order valence-corrected chi connectivity index (χ3v) is 2.03. The van der Waals surface area contributed by atoms with Gasteiger partial charge in [-0.3, -0.25) is 4.90 Å². The quantitative estimate of drug-likeness (QED) is 0.631. The molecule has 1 aliphatic heterocycles. The highest BCUT2D eigenvalue weighted by Gasteiger charge is 2.17. The minimum absolute atomic E-state index is 0.273. The molecule has 0 aromatic heterocycles. The molecule has 66 valence electrons. The molecular weight excluding hydrogens is 140 g/mol. The second-order valence-electron chi connectivity index (χ2n) is 3.03. The van der Waals surface area contributed by atoms with Gasteiger partial charge in [-0.2, -0.15) is 0 Å². The van der Waals surface area contributed by atoms with Crippen molar-refractivity contribution in [3.05, 3.63) is 0 Å². The molecule has 0 saturated carbocycles. The van der Waals surface area contributed by atoms with Crippen LogP contribution in [0.15, 0.2) is 0 Å². The van der Waals surface area contributed by atoms with Crippen LogP contribution in [0.4, 0.5) is 0 Å². The molecule has 1 aliphatic rings. The molecule has 1 unspecified atom stereocenters. The van der Waals surface area contributed by atoms with Gasteiger partial charge in [0.05, 0.1) is 12.7 Å². The second-order valence-corrected chi connectivity index (χ2v) is 3.03. The maximum Gasteiger partial charge on any atom is 0.0824 e. The van der Waals surface area contributed by atoms with Crippen LogP contribution >= 0.6 is 0 Å². The van der Waals surface area contributed by atoms with Crippen LogP contribution in [-0.2, 0) is 4.74 Å². The van der Waals surface area contributed by atoms with Crippen molar-refractivity contribution in [3.8, 4) is 0 Å². The van der Waals surface area contributed by atoms with Crippen LogP contribution in [0, 0.1) is 0 Å². The summed E-state index contributed by atoms with van der Waals surface area (Å²) < 4.78 is 5.44. The highest BCUT2D eigenvalue weighted by Crippen LogP contribution is 2.03. The molecular formula is C8H18N2O. The fourth-order valence-electron chi connectivity index (χ4n) is 1.44. The molecule has 1 saturated heterocycles. The van der Waals surface area contributed by atoms with Crippen LogP contribution in [0.5, 0.6) is 0 Å². The summed E-state index contributed by atoms with van der Waals surface area (Å²) in [4.78, 5) is 2.42. The first-order chi connectivity index (χ1) is 5.36. The summed E-state index contributed by atoms with van der Waals surface area (Å²) in [5, 5.41) is 0. The number of ether oxygens (including phenoxy) is 1. The van der Waals surface area contributed by atoms with E-state index in [-0.39, 0.29) is 6.10 Å². The third-order valence-electron chi connectivity index (χ3n) is 2.03. The Morgan fingerprint density at radius 1 is 1.64 bits per heavy atom. The SMILES string of the molecule is CCCN1CCOC(CN)C1. The Hall–Kier alpha value is -0.120. The molecule has 0 aromatic carbocycles. The lowest BCUT2D eigenvalue weighted by molar-refractivity contribution is -0.0229. The van der Waals surface area contributed by atoms with Crippen molar-refractivity contribution in [2.75, 3.05) is 32.8 Å². The highest BCUT2D eigenvalue weighted by atomic mass is 16.5. The molecule has 0 aromatic rings. The van der Waals surface area contributed by atoms with Crippen molar-refractivity contribution in [3.63, 3.8) is 0 Å². The average molecular weight is 158 g/mol. The minimum atomic E-state index is 0.273. The first kappa shape index (κ1) is 8.97. The van der Waals surface area contributed by atoms with E-state index in [0.29, 0.717) is 6.54 Å². The van der Waals surface area contributed by atoms with Gasteiger partial charge in [0.25, 0.3) is 0 Å². The normalized spacial score (nSPS) is 27.3. The molecule has 0 spiro atoms. The van der Waals surface area contributed by atoms with E-state index >= 15 is 0 Å². The zero-order valence-corrected chi connectivity index (χ0v) is 7.25. The number of hydrogen-bond donors (Lipinski definition) is 1. The van der Waals surface area contributed by atoms with E-state index < -0.39 is 0 Å². The number of rotatable bonds is 3. The summed E-state index contributed by atoms with van der Waals surface area (Å²) in [6.45, 7) is 6.98. The van der Waals surface area contributed by atoms with Gasteiger partial charge in [0.1, 0.15) is 0 Å². The monoisotopic (exact) mass is 158 g/mol. The summed E-state index contributed by atoms with van der Waals surface area (Å²) in [5.74, 6) is 0. The summed E-state index contributed by atoms with van der Waals surface area (Å²) in [7, 11) is 0. The zero-order chi connectivity index (χ0) is 8.10. The number of morpholine rings is 1. The van der Waals surface area contributed by atoms with Crippen molar-refractivity contribution in [1.29, 1.82) is 0 Å². The van der Waals surface area contributed by atoms with E-state index in [1.807, 2.05) is 0 Å². The smallest absolute Gasteiger partial charge is 0.0824 e. The van der Waals surface area contributed by atoms with Gasteiger partial charge in [0.15, 0.2) is 0 Å². The van der Waals surface area contributed by atoms with Gasteiger partial charge < -0.3 is 10.5 Å². The van der Waals surface area contributed by atoms with Gasteiger partial charge in [0.2, 0.25) is 0 Å². The van der Waals surface area contributed by atoms with E-state index in [1.165, 1.54) is 13.0 Å². The van der Waals surface area contributed by atoms with Gasteiger partial charge in [-0.15, -0.1) is 0 Å². The van der Waals surface area contributed by atoms with Gasteiger partial charge >= 0.3 is 0 Å². The molecule has 0 radical (unpaired) electrons. The van der Waals surface area contributed by atoms with Crippen molar-refractivity contribution in [1.82, 2.24) is 4.90 Å². The molecule has 3 heteroatoms. The third kappa shape index (κ3) is 2.77. The van der Waals surface area contributed by atoms with Crippen molar-refractivity contribution in [2.45, 2.75) is 19.4 Å². The maximum absolute atomic E-state index is 5.51. The topological polar surface area (TPSA) is 38.5 Å². The Labute approximate surface area is 68.5 Å².